The highest BCUT2D eigenvalue weighted by atomic mass is 16.5. The van der Waals surface area contributed by atoms with E-state index in [0.717, 1.165) is 27.9 Å². The summed E-state index contributed by atoms with van der Waals surface area (Å²) >= 11 is 0. The van der Waals surface area contributed by atoms with Crippen molar-refractivity contribution in [3.05, 3.63) is 71.8 Å². The van der Waals surface area contributed by atoms with Crippen LogP contribution in [-0.4, -0.2) is 12.1 Å². The third kappa shape index (κ3) is 1.82. The van der Waals surface area contributed by atoms with E-state index in [1.54, 1.807) is 7.11 Å². The van der Waals surface area contributed by atoms with E-state index in [4.69, 9.17) is 9.72 Å². The monoisotopic (exact) mass is 325 g/mol. The Hall–Kier alpha value is -2.87. The van der Waals surface area contributed by atoms with Gasteiger partial charge in [-0.25, -0.2) is 4.98 Å². The van der Waals surface area contributed by atoms with Gasteiger partial charge in [0.25, 0.3) is 0 Å². The largest absolute Gasteiger partial charge is 0.495 e. The summed E-state index contributed by atoms with van der Waals surface area (Å²) in [7, 11) is 1.76. The predicted octanol–water partition coefficient (Wildman–Crippen LogP) is 5.70. The summed E-state index contributed by atoms with van der Waals surface area (Å²) in [6.45, 7) is 4.56. The molecule has 0 bridgehead atoms. The van der Waals surface area contributed by atoms with Crippen molar-refractivity contribution in [1.82, 2.24) is 4.98 Å². The van der Waals surface area contributed by atoms with Crippen molar-refractivity contribution >= 4 is 21.7 Å². The minimum Gasteiger partial charge on any atom is -0.495 e. The number of aromatic nitrogens is 1. The maximum atomic E-state index is 5.89. The molecule has 3 aromatic carbocycles. The van der Waals surface area contributed by atoms with E-state index in [0.29, 0.717) is 0 Å². The van der Waals surface area contributed by atoms with Gasteiger partial charge in [-0.05, 0) is 34.7 Å². The number of nitrogens with zero attached hydrogens (tertiary/aromatic N) is 1. The predicted molar refractivity (Wildman–Crippen MR) is 103 cm³/mol. The number of fused-ring (bicyclic) bond motifs is 5. The highest BCUT2D eigenvalue weighted by molar-refractivity contribution is 6.00. The molecule has 0 saturated heterocycles. The van der Waals surface area contributed by atoms with E-state index in [1.165, 1.54) is 21.9 Å². The van der Waals surface area contributed by atoms with Crippen LogP contribution in [0, 0.1) is 0 Å². The van der Waals surface area contributed by atoms with Gasteiger partial charge in [-0.2, -0.15) is 0 Å². The van der Waals surface area contributed by atoms with Crippen LogP contribution in [0.25, 0.3) is 32.9 Å². The Kier molecular flexibility index (Phi) is 2.79. The topological polar surface area (TPSA) is 22.1 Å². The lowest BCUT2D eigenvalue weighted by atomic mass is 9.81. The summed E-state index contributed by atoms with van der Waals surface area (Å²) < 4.78 is 5.89. The molecule has 1 aliphatic carbocycles. The van der Waals surface area contributed by atoms with Gasteiger partial charge in [0, 0.05) is 21.8 Å². The summed E-state index contributed by atoms with van der Waals surface area (Å²) in [5.41, 5.74) is 5.70. The van der Waals surface area contributed by atoms with Crippen LogP contribution in [-0.2, 0) is 5.41 Å². The van der Waals surface area contributed by atoms with Crippen molar-refractivity contribution < 1.29 is 4.74 Å². The standard InChI is InChI=1S/C23H19NO/c1-23(2)17-12-14-8-4-6-10-16(14)22(25-3)20(17)21-18(23)13-15-9-5-7-11-19(15)24-21/h4-13H,1-3H3. The molecule has 4 aromatic rings. The third-order valence-corrected chi connectivity index (χ3v) is 5.51. The van der Waals surface area contributed by atoms with Crippen molar-refractivity contribution in [2.24, 2.45) is 0 Å². The number of ether oxygens (including phenoxy) is 1. The van der Waals surface area contributed by atoms with Crippen LogP contribution in [0.4, 0.5) is 0 Å². The average Bonchev–Trinajstić information content (AvgIpc) is 2.85. The van der Waals surface area contributed by atoms with Gasteiger partial charge in [-0.1, -0.05) is 56.3 Å². The van der Waals surface area contributed by atoms with Crippen molar-refractivity contribution in [2.45, 2.75) is 19.3 Å². The molecule has 0 unspecified atom stereocenters. The molecular weight excluding hydrogens is 306 g/mol. The van der Waals surface area contributed by atoms with Gasteiger partial charge in [-0.3, -0.25) is 0 Å². The highest BCUT2D eigenvalue weighted by Crippen LogP contribution is 2.54. The lowest BCUT2D eigenvalue weighted by Crippen LogP contribution is -2.15. The minimum atomic E-state index is -0.0982. The van der Waals surface area contributed by atoms with E-state index in [1.807, 2.05) is 6.07 Å². The van der Waals surface area contributed by atoms with Gasteiger partial charge in [0.1, 0.15) is 5.75 Å². The van der Waals surface area contributed by atoms with Crippen molar-refractivity contribution in [2.75, 3.05) is 7.11 Å². The van der Waals surface area contributed by atoms with Gasteiger partial charge in [-0.15, -0.1) is 0 Å². The number of rotatable bonds is 1. The Balaban J connectivity index is 1.97. The van der Waals surface area contributed by atoms with Crippen LogP contribution < -0.4 is 4.74 Å². The molecule has 0 spiro atoms. The van der Waals surface area contributed by atoms with E-state index >= 15 is 0 Å². The number of benzene rings is 3. The first kappa shape index (κ1) is 14.5. The van der Waals surface area contributed by atoms with Crippen molar-refractivity contribution in [3.8, 4) is 17.0 Å². The molecule has 0 saturated carbocycles. The zero-order valence-electron chi connectivity index (χ0n) is 14.6. The molecule has 1 heterocycles. The van der Waals surface area contributed by atoms with Gasteiger partial charge in [0.2, 0.25) is 0 Å². The maximum Gasteiger partial charge on any atom is 0.136 e. The van der Waals surface area contributed by atoms with Gasteiger partial charge >= 0.3 is 0 Å². The second kappa shape index (κ2) is 4.82. The number of para-hydroxylation sites is 1. The molecule has 2 heteroatoms. The van der Waals surface area contributed by atoms with Gasteiger partial charge in [0.05, 0.1) is 18.3 Å². The van der Waals surface area contributed by atoms with Crippen LogP contribution in [0.15, 0.2) is 60.7 Å². The Morgan fingerprint density at radius 3 is 2.32 bits per heavy atom. The van der Waals surface area contributed by atoms with E-state index < -0.39 is 0 Å². The first-order valence-corrected chi connectivity index (χ1v) is 8.62. The Morgan fingerprint density at radius 1 is 0.840 bits per heavy atom. The third-order valence-electron chi connectivity index (χ3n) is 5.51. The summed E-state index contributed by atoms with van der Waals surface area (Å²) in [5, 5.41) is 3.54. The van der Waals surface area contributed by atoms with Crippen LogP contribution >= 0.6 is 0 Å². The minimum absolute atomic E-state index is 0.0982. The second-order valence-electron chi connectivity index (χ2n) is 7.26. The lowest BCUT2D eigenvalue weighted by molar-refractivity contribution is 0.421. The van der Waals surface area contributed by atoms with Crippen molar-refractivity contribution in [1.29, 1.82) is 0 Å². The highest BCUT2D eigenvalue weighted by Gasteiger charge is 2.39. The van der Waals surface area contributed by atoms with Crippen LogP contribution in [0.5, 0.6) is 5.75 Å². The molecule has 0 amide bonds. The Labute approximate surface area is 147 Å². The van der Waals surface area contributed by atoms with E-state index in [2.05, 4.69) is 68.4 Å². The Bertz CT molecular complexity index is 1160. The van der Waals surface area contributed by atoms with E-state index in [9.17, 15) is 0 Å². The number of hydrogen-bond donors (Lipinski definition) is 0. The van der Waals surface area contributed by atoms with Crippen LogP contribution in [0.2, 0.25) is 0 Å². The molecule has 0 radical (unpaired) electrons. The smallest absolute Gasteiger partial charge is 0.136 e. The van der Waals surface area contributed by atoms with Crippen LogP contribution in [0.3, 0.4) is 0 Å². The number of hydrogen-bond acceptors (Lipinski definition) is 2. The fourth-order valence-electron chi connectivity index (χ4n) is 4.18. The molecule has 0 N–H and O–H groups in total. The first-order valence-electron chi connectivity index (χ1n) is 8.62. The fourth-order valence-corrected chi connectivity index (χ4v) is 4.18. The Morgan fingerprint density at radius 2 is 1.52 bits per heavy atom. The quantitative estimate of drug-likeness (QED) is 0.447. The molecule has 122 valence electrons. The lowest BCUT2D eigenvalue weighted by Gasteiger charge is -2.22. The molecule has 1 aromatic heterocycles. The molecule has 25 heavy (non-hydrogen) atoms. The number of methoxy groups -OCH3 is 1. The average molecular weight is 325 g/mol. The molecule has 5 rings (SSSR count). The molecular formula is C23H19NO. The second-order valence-corrected chi connectivity index (χ2v) is 7.26. The van der Waals surface area contributed by atoms with Gasteiger partial charge < -0.3 is 4.74 Å². The molecule has 0 fully saturated rings. The number of pyridine rings is 1. The normalized spacial score (nSPS) is 14.5. The summed E-state index contributed by atoms with van der Waals surface area (Å²) in [5.74, 6) is 0.933. The van der Waals surface area contributed by atoms with E-state index in [-0.39, 0.29) is 5.41 Å². The summed E-state index contributed by atoms with van der Waals surface area (Å²) in [6, 6.07) is 21.3. The van der Waals surface area contributed by atoms with Crippen LogP contribution in [0.1, 0.15) is 25.0 Å². The molecule has 2 nitrogen and oxygen atoms in total. The molecule has 0 aliphatic heterocycles. The van der Waals surface area contributed by atoms with Gasteiger partial charge in [0.15, 0.2) is 0 Å². The molecule has 0 atom stereocenters. The zero-order valence-corrected chi connectivity index (χ0v) is 14.6. The SMILES string of the molecule is COc1c2c(cc3ccccc13)C(C)(C)c1cc3ccccc3nc1-2. The first-order chi connectivity index (χ1) is 12.1. The zero-order chi connectivity index (χ0) is 17.2. The summed E-state index contributed by atoms with van der Waals surface area (Å²) in [6.07, 6.45) is 0. The maximum absolute atomic E-state index is 5.89. The molecule has 1 aliphatic rings. The fraction of sp³-hybridized carbons (Fsp3) is 0.174. The summed E-state index contributed by atoms with van der Waals surface area (Å²) in [4.78, 5) is 5.03. The van der Waals surface area contributed by atoms with Crippen molar-refractivity contribution in [3.63, 3.8) is 0 Å².